The van der Waals surface area contributed by atoms with Gasteiger partial charge in [-0.2, -0.15) is 0 Å². The number of hydrogen-bond donors (Lipinski definition) is 2. The summed E-state index contributed by atoms with van der Waals surface area (Å²) >= 11 is 0. The molecule has 1 aromatic rings. The van der Waals surface area contributed by atoms with Crippen molar-refractivity contribution in [3.05, 3.63) is 18.2 Å². The first-order valence-electron chi connectivity index (χ1n) is 4.72. The van der Waals surface area contributed by atoms with Gasteiger partial charge in [-0.1, -0.05) is 6.92 Å². The van der Waals surface area contributed by atoms with E-state index in [1.807, 2.05) is 6.20 Å². The first kappa shape index (κ1) is 10.7. The fraction of sp³-hybridized carbons (Fsp3) is 0.556. The maximum atomic E-state index is 10.6. The second-order valence-corrected chi connectivity index (χ2v) is 3.18. The number of rotatable bonds is 6. The molecule has 0 saturated carbocycles. The summed E-state index contributed by atoms with van der Waals surface area (Å²) < 4.78 is 1.69. The molecule has 1 aromatic heterocycles. The monoisotopic (exact) mass is 196 g/mol. The number of nitrogens with zero attached hydrogens (tertiary/aromatic N) is 2. The van der Waals surface area contributed by atoms with Gasteiger partial charge in [-0.25, -0.2) is 4.98 Å². The molecule has 1 rings (SSSR count). The Morgan fingerprint density at radius 2 is 2.50 bits per heavy atom. The van der Waals surface area contributed by atoms with Crippen molar-refractivity contribution in [3.8, 4) is 0 Å². The number of hydrogen-bond acceptors (Lipinski definition) is 3. The molecule has 0 fully saturated rings. The van der Waals surface area contributed by atoms with Crippen LogP contribution in [0, 0.1) is 0 Å². The molecule has 78 valence electrons. The van der Waals surface area contributed by atoms with E-state index in [0.717, 1.165) is 25.2 Å². The number of amides is 1. The summed E-state index contributed by atoms with van der Waals surface area (Å²) in [5, 5.41) is 3.23. The third kappa shape index (κ3) is 3.57. The van der Waals surface area contributed by atoms with Gasteiger partial charge in [0.15, 0.2) is 0 Å². The zero-order valence-corrected chi connectivity index (χ0v) is 8.36. The zero-order chi connectivity index (χ0) is 10.4. The molecule has 0 aliphatic carbocycles. The molecule has 0 saturated heterocycles. The summed E-state index contributed by atoms with van der Waals surface area (Å²) in [6, 6.07) is 0. The first-order valence-corrected chi connectivity index (χ1v) is 4.72. The highest BCUT2D eigenvalue weighted by atomic mass is 16.1. The van der Waals surface area contributed by atoms with Crippen LogP contribution >= 0.6 is 0 Å². The number of nitrogens with two attached hydrogens (primary N) is 1. The maximum Gasteiger partial charge on any atom is 0.237 e. The van der Waals surface area contributed by atoms with Crippen molar-refractivity contribution < 1.29 is 4.79 Å². The first-order chi connectivity index (χ1) is 6.72. The highest BCUT2D eigenvalue weighted by Crippen LogP contribution is 1.95. The Morgan fingerprint density at radius 3 is 3.14 bits per heavy atom. The minimum atomic E-state index is -0.351. The van der Waals surface area contributed by atoms with Gasteiger partial charge in [0.1, 0.15) is 6.54 Å². The quantitative estimate of drug-likeness (QED) is 0.622. The zero-order valence-electron chi connectivity index (χ0n) is 8.36. The number of aromatic nitrogens is 2. The molecule has 0 radical (unpaired) electrons. The normalized spacial score (nSPS) is 10.4. The van der Waals surface area contributed by atoms with Gasteiger partial charge in [-0.05, 0) is 13.0 Å². The van der Waals surface area contributed by atoms with Gasteiger partial charge in [-0.3, -0.25) is 4.79 Å². The van der Waals surface area contributed by atoms with Crippen LogP contribution in [0.4, 0.5) is 0 Å². The van der Waals surface area contributed by atoms with Crippen LogP contribution in [0.15, 0.2) is 12.5 Å². The second-order valence-electron chi connectivity index (χ2n) is 3.18. The molecule has 0 spiro atoms. The summed E-state index contributed by atoms with van der Waals surface area (Å²) in [6.45, 7) is 4.02. The number of carbonyl (C=O) groups excluding carboxylic acids is 1. The largest absolute Gasteiger partial charge is 0.368 e. The minimum absolute atomic E-state index is 0.195. The van der Waals surface area contributed by atoms with Crippen molar-refractivity contribution in [2.75, 3.05) is 6.54 Å². The summed E-state index contributed by atoms with van der Waals surface area (Å²) in [5.74, 6) is -0.351. The average Bonchev–Trinajstić information content (AvgIpc) is 2.52. The van der Waals surface area contributed by atoms with Crippen molar-refractivity contribution in [1.82, 2.24) is 14.9 Å². The molecule has 0 aliphatic rings. The molecule has 1 heterocycles. The fourth-order valence-corrected chi connectivity index (χ4v) is 1.16. The second kappa shape index (κ2) is 5.39. The van der Waals surface area contributed by atoms with Crippen LogP contribution in [0.5, 0.6) is 0 Å². The topological polar surface area (TPSA) is 72.9 Å². The van der Waals surface area contributed by atoms with Crippen LogP contribution in [0.2, 0.25) is 0 Å². The third-order valence-corrected chi connectivity index (χ3v) is 1.76. The number of carbonyl (C=O) groups is 1. The molecule has 0 atom stereocenters. The Morgan fingerprint density at radius 1 is 1.71 bits per heavy atom. The predicted molar refractivity (Wildman–Crippen MR) is 53.4 cm³/mol. The molecule has 3 N–H and O–H groups in total. The van der Waals surface area contributed by atoms with Gasteiger partial charge < -0.3 is 15.6 Å². The van der Waals surface area contributed by atoms with E-state index in [1.54, 1.807) is 10.9 Å². The Balaban J connectivity index is 2.38. The molecule has 0 bridgehead atoms. The van der Waals surface area contributed by atoms with Crippen LogP contribution in [0.3, 0.4) is 0 Å². The van der Waals surface area contributed by atoms with E-state index in [4.69, 9.17) is 5.73 Å². The van der Waals surface area contributed by atoms with E-state index in [9.17, 15) is 4.79 Å². The molecule has 14 heavy (non-hydrogen) atoms. The van der Waals surface area contributed by atoms with Crippen molar-refractivity contribution in [2.45, 2.75) is 26.4 Å². The molecule has 0 unspecified atom stereocenters. The van der Waals surface area contributed by atoms with Crippen LogP contribution in [-0.4, -0.2) is 22.0 Å². The lowest BCUT2D eigenvalue weighted by molar-refractivity contribution is -0.118. The van der Waals surface area contributed by atoms with Crippen molar-refractivity contribution in [3.63, 3.8) is 0 Å². The summed E-state index contributed by atoms with van der Waals surface area (Å²) in [6.07, 6.45) is 4.54. The smallest absolute Gasteiger partial charge is 0.237 e. The van der Waals surface area contributed by atoms with Gasteiger partial charge >= 0.3 is 0 Å². The highest BCUT2D eigenvalue weighted by Gasteiger charge is 2.00. The average molecular weight is 196 g/mol. The van der Waals surface area contributed by atoms with E-state index >= 15 is 0 Å². The minimum Gasteiger partial charge on any atom is -0.368 e. The molecule has 5 nitrogen and oxygen atoms in total. The van der Waals surface area contributed by atoms with Crippen molar-refractivity contribution >= 4 is 5.91 Å². The van der Waals surface area contributed by atoms with E-state index < -0.39 is 0 Å². The van der Waals surface area contributed by atoms with E-state index in [2.05, 4.69) is 17.2 Å². The van der Waals surface area contributed by atoms with Gasteiger partial charge in [0.05, 0.1) is 12.0 Å². The fourth-order valence-electron chi connectivity index (χ4n) is 1.16. The summed E-state index contributed by atoms with van der Waals surface area (Å²) in [5.41, 5.74) is 5.98. The Bertz CT molecular complexity index is 295. The SMILES string of the molecule is CCCNCc1cn(CC(N)=O)cn1. The van der Waals surface area contributed by atoms with Gasteiger partial charge in [0, 0.05) is 12.7 Å². The van der Waals surface area contributed by atoms with Crippen LogP contribution in [0.25, 0.3) is 0 Å². The Kier molecular flexibility index (Phi) is 4.12. The number of imidazole rings is 1. The molecule has 1 amide bonds. The van der Waals surface area contributed by atoms with Gasteiger partial charge in [0.25, 0.3) is 0 Å². The molecule has 0 aromatic carbocycles. The third-order valence-electron chi connectivity index (χ3n) is 1.76. The maximum absolute atomic E-state index is 10.6. The molecular weight excluding hydrogens is 180 g/mol. The predicted octanol–water partition coefficient (Wildman–Crippen LogP) is -0.132. The van der Waals surface area contributed by atoms with Crippen LogP contribution < -0.4 is 11.1 Å². The van der Waals surface area contributed by atoms with E-state index in [-0.39, 0.29) is 12.5 Å². The van der Waals surface area contributed by atoms with E-state index in [1.165, 1.54) is 0 Å². The standard InChI is InChI=1S/C9H16N4O/c1-2-3-11-4-8-5-13(7-12-8)6-9(10)14/h5,7,11H,2-4,6H2,1H3,(H2,10,14). The lowest BCUT2D eigenvalue weighted by Gasteiger charge is -1.98. The molecular formula is C9H16N4O. The van der Waals surface area contributed by atoms with Crippen molar-refractivity contribution in [2.24, 2.45) is 5.73 Å². The van der Waals surface area contributed by atoms with Crippen LogP contribution in [0.1, 0.15) is 19.0 Å². The molecule has 0 aliphatic heterocycles. The highest BCUT2D eigenvalue weighted by molar-refractivity contribution is 5.73. The molecule has 5 heteroatoms. The lowest BCUT2D eigenvalue weighted by Crippen LogP contribution is -2.17. The number of nitrogens with one attached hydrogen (secondary N) is 1. The van der Waals surface area contributed by atoms with Crippen molar-refractivity contribution in [1.29, 1.82) is 0 Å². The van der Waals surface area contributed by atoms with E-state index in [0.29, 0.717) is 0 Å². The summed E-state index contributed by atoms with van der Waals surface area (Å²) in [4.78, 5) is 14.7. The Hall–Kier alpha value is -1.36. The van der Waals surface area contributed by atoms with Gasteiger partial charge in [0.2, 0.25) is 5.91 Å². The Labute approximate surface area is 83.3 Å². The number of primary amides is 1. The van der Waals surface area contributed by atoms with Gasteiger partial charge in [-0.15, -0.1) is 0 Å². The van der Waals surface area contributed by atoms with Crippen LogP contribution in [-0.2, 0) is 17.9 Å². The lowest BCUT2D eigenvalue weighted by atomic mass is 10.4. The summed E-state index contributed by atoms with van der Waals surface area (Å²) in [7, 11) is 0.